The quantitative estimate of drug-likeness (QED) is 0.640. The smallest absolute Gasteiger partial charge is 0.0158 e. The van der Waals surface area contributed by atoms with Crippen LogP contribution < -0.4 is 0 Å². The van der Waals surface area contributed by atoms with E-state index in [1.165, 1.54) is 22.3 Å². The molecular weight excluding hydrogens is 192 g/mol. The number of hydrogen-bond acceptors (Lipinski definition) is 0. The Morgan fingerprint density at radius 1 is 1.19 bits per heavy atom. The van der Waals surface area contributed by atoms with Gasteiger partial charge in [0.05, 0.1) is 0 Å². The van der Waals surface area contributed by atoms with Crippen LogP contribution in [0.15, 0.2) is 54.6 Å². The van der Waals surface area contributed by atoms with E-state index in [1.54, 1.807) is 0 Å². The van der Waals surface area contributed by atoms with Gasteiger partial charge in [0, 0.05) is 5.41 Å². The first-order valence-electron chi connectivity index (χ1n) is 5.72. The molecule has 2 rings (SSSR count). The van der Waals surface area contributed by atoms with Gasteiger partial charge in [-0.2, -0.15) is 0 Å². The first kappa shape index (κ1) is 10.9. The Balaban J connectivity index is 2.75. The number of fused-ring (bicyclic) bond motifs is 1. The summed E-state index contributed by atoms with van der Waals surface area (Å²) < 4.78 is 0. The van der Waals surface area contributed by atoms with Gasteiger partial charge in [-0.25, -0.2) is 0 Å². The molecule has 0 radical (unpaired) electrons. The second-order valence-corrected chi connectivity index (χ2v) is 4.69. The summed E-state index contributed by atoms with van der Waals surface area (Å²) in [6, 6.07) is 8.65. The fraction of sp³-hybridized carbons (Fsp3) is 0.250. The van der Waals surface area contributed by atoms with Gasteiger partial charge in [0.1, 0.15) is 0 Å². The Bertz CT molecular complexity index is 485. The van der Waals surface area contributed by atoms with Crippen molar-refractivity contribution in [2.45, 2.75) is 26.2 Å². The van der Waals surface area contributed by atoms with Gasteiger partial charge >= 0.3 is 0 Å². The average Bonchev–Trinajstić information content (AvgIpc) is 2.49. The van der Waals surface area contributed by atoms with E-state index < -0.39 is 0 Å². The third-order valence-corrected chi connectivity index (χ3v) is 3.43. The third kappa shape index (κ3) is 1.37. The van der Waals surface area contributed by atoms with Gasteiger partial charge in [0.15, 0.2) is 0 Å². The Labute approximate surface area is 98.0 Å². The summed E-state index contributed by atoms with van der Waals surface area (Å²) in [5, 5.41) is 0. The van der Waals surface area contributed by atoms with Gasteiger partial charge < -0.3 is 0 Å². The monoisotopic (exact) mass is 210 g/mol. The van der Waals surface area contributed by atoms with Crippen molar-refractivity contribution in [3.05, 3.63) is 65.8 Å². The summed E-state index contributed by atoms with van der Waals surface area (Å²) in [6.07, 6.45) is 6.21. The fourth-order valence-corrected chi connectivity index (χ4v) is 2.62. The van der Waals surface area contributed by atoms with Gasteiger partial charge in [-0.1, -0.05) is 62.9 Å². The molecule has 0 aliphatic heterocycles. The first-order chi connectivity index (χ1) is 7.62. The minimum atomic E-state index is 0.0899. The lowest BCUT2D eigenvalue weighted by molar-refractivity contribution is 0.661. The van der Waals surface area contributed by atoms with Crippen LogP contribution in [0.2, 0.25) is 0 Å². The molecule has 0 atom stereocenters. The highest BCUT2D eigenvalue weighted by atomic mass is 14.4. The van der Waals surface area contributed by atoms with E-state index in [0.717, 1.165) is 0 Å². The molecule has 0 heterocycles. The molecule has 0 fully saturated rings. The maximum absolute atomic E-state index is 3.82. The third-order valence-electron chi connectivity index (χ3n) is 3.43. The lowest BCUT2D eigenvalue weighted by Crippen LogP contribution is -2.14. The van der Waals surface area contributed by atoms with Crippen LogP contribution in [-0.2, 0) is 5.41 Å². The van der Waals surface area contributed by atoms with Crippen LogP contribution in [0.1, 0.15) is 31.9 Å². The van der Waals surface area contributed by atoms with Crippen LogP contribution >= 0.6 is 0 Å². The zero-order valence-electron chi connectivity index (χ0n) is 10.2. The minimum absolute atomic E-state index is 0.0899. The van der Waals surface area contributed by atoms with Crippen LogP contribution in [0.5, 0.6) is 0 Å². The maximum Gasteiger partial charge on any atom is 0.0158 e. The molecule has 0 bridgehead atoms. The van der Waals surface area contributed by atoms with Crippen molar-refractivity contribution in [1.29, 1.82) is 0 Å². The minimum Gasteiger partial charge on any atom is -0.0991 e. The molecule has 0 amide bonds. The number of benzene rings is 1. The summed E-state index contributed by atoms with van der Waals surface area (Å²) in [5.74, 6) is 0. The van der Waals surface area contributed by atoms with Crippen molar-refractivity contribution in [3.63, 3.8) is 0 Å². The zero-order chi connectivity index (χ0) is 11.8. The summed E-state index contributed by atoms with van der Waals surface area (Å²) in [7, 11) is 0. The molecule has 82 valence electrons. The number of allylic oxidation sites excluding steroid dienone is 5. The predicted octanol–water partition coefficient (Wildman–Crippen LogP) is 4.49. The topological polar surface area (TPSA) is 0 Å². The molecule has 0 saturated carbocycles. The van der Waals surface area contributed by atoms with Gasteiger partial charge in [0.25, 0.3) is 0 Å². The van der Waals surface area contributed by atoms with E-state index in [0.29, 0.717) is 0 Å². The average molecular weight is 210 g/mol. The molecule has 1 aromatic rings. The van der Waals surface area contributed by atoms with Crippen molar-refractivity contribution in [2.75, 3.05) is 0 Å². The predicted molar refractivity (Wildman–Crippen MR) is 71.4 cm³/mol. The summed E-state index contributed by atoms with van der Waals surface area (Å²) in [4.78, 5) is 0. The number of hydrogen-bond donors (Lipinski definition) is 0. The van der Waals surface area contributed by atoms with Crippen LogP contribution in [0.25, 0.3) is 5.57 Å². The molecule has 1 aromatic carbocycles. The van der Waals surface area contributed by atoms with Gasteiger partial charge in [0.2, 0.25) is 0 Å². The lowest BCUT2D eigenvalue weighted by atomic mass is 9.82. The van der Waals surface area contributed by atoms with Crippen LogP contribution in [0.3, 0.4) is 0 Å². The molecule has 0 aromatic heterocycles. The maximum atomic E-state index is 3.82. The zero-order valence-corrected chi connectivity index (χ0v) is 10.2. The van der Waals surface area contributed by atoms with Crippen LogP contribution in [0.4, 0.5) is 0 Å². The Hall–Kier alpha value is -1.56. The first-order valence-corrected chi connectivity index (χ1v) is 5.72. The Kier molecular flexibility index (Phi) is 2.59. The Morgan fingerprint density at radius 3 is 2.50 bits per heavy atom. The second kappa shape index (κ2) is 3.79. The largest absolute Gasteiger partial charge is 0.0991 e. The lowest BCUT2D eigenvalue weighted by Gasteiger charge is -2.21. The van der Waals surface area contributed by atoms with Crippen molar-refractivity contribution in [1.82, 2.24) is 0 Å². The van der Waals surface area contributed by atoms with Crippen LogP contribution in [0, 0.1) is 0 Å². The number of rotatable bonds is 1. The highest BCUT2D eigenvalue weighted by molar-refractivity contribution is 5.89. The van der Waals surface area contributed by atoms with Crippen molar-refractivity contribution in [3.8, 4) is 0 Å². The fourth-order valence-electron chi connectivity index (χ4n) is 2.62. The van der Waals surface area contributed by atoms with E-state index in [-0.39, 0.29) is 5.41 Å². The normalized spacial score (nSPS) is 22.4. The van der Waals surface area contributed by atoms with E-state index in [9.17, 15) is 0 Å². The molecule has 0 nitrogen and oxygen atoms in total. The highest BCUT2D eigenvalue weighted by Gasteiger charge is 2.36. The molecular formula is C16H18. The van der Waals surface area contributed by atoms with Crippen molar-refractivity contribution < 1.29 is 0 Å². The molecule has 1 aliphatic carbocycles. The molecule has 0 saturated heterocycles. The van der Waals surface area contributed by atoms with E-state index in [4.69, 9.17) is 0 Å². The van der Waals surface area contributed by atoms with E-state index in [1.807, 2.05) is 6.08 Å². The SMILES string of the molecule is C=CC=C1C(=CC)c2ccccc2C1(C)C. The second-order valence-electron chi connectivity index (χ2n) is 4.69. The molecule has 1 aliphatic rings. The van der Waals surface area contributed by atoms with Gasteiger partial charge in [-0.15, -0.1) is 0 Å². The Morgan fingerprint density at radius 2 is 1.88 bits per heavy atom. The van der Waals surface area contributed by atoms with Crippen LogP contribution in [-0.4, -0.2) is 0 Å². The molecule has 0 unspecified atom stereocenters. The van der Waals surface area contributed by atoms with Crippen molar-refractivity contribution in [2.24, 2.45) is 0 Å². The molecule has 0 heteroatoms. The summed E-state index contributed by atoms with van der Waals surface area (Å²) >= 11 is 0. The molecule has 0 N–H and O–H groups in total. The standard InChI is InChI=1S/C16H18/c1-5-9-14-12(6-2)13-10-7-8-11-15(13)16(14,3)4/h5-11H,1H2,2-4H3. The van der Waals surface area contributed by atoms with E-state index in [2.05, 4.69) is 63.8 Å². The highest BCUT2D eigenvalue weighted by Crippen LogP contribution is 2.49. The molecule has 16 heavy (non-hydrogen) atoms. The molecule has 0 spiro atoms. The van der Waals surface area contributed by atoms with Crippen molar-refractivity contribution >= 4 is 5.57 Å². The van der Waals surface area contributed by atoms with Gasteiger partial charge in [-0.3, -0.25) is 0 Å². The van der Waals surface area contributed by atoms with Gasteiger partial charge in [-0.05, 0) is 29.2 Å². The van der Waals surface area contributed by atoms with E-state index >= 15 is 0 Å². The summed E-state index contributed by atoms with van der Waals surface area (Å²) in [5.41, 5.74) is 5.58. The summed E-state index contributed by atoms with van der Waals surface area (Å²) in [6.45, 7) is 10.5.